The summed E-state index contributed by atoms with van der Waals surface area (Å²) in [7, 11) is 0. The third-order valence-corrected chi connectivity index (χ3v) is 22.8. The first-order chi connectivity index (χ1) is 44.2. The van der Waals surface area contributed by atoms with Crippen molar-refractivity contribution in [3.8, 4) is 54.5 Å². The maximum Gasteiger partial charge on any atom is 0.109 e. The summed E-state index contributed by atoms with van der Waals surface area (Å²) in [6.07, 6.45) is 0. The summed E-state index contributed by atoms with van der Waals surface area (Å²) in [5.41, 5.74) is 28.5. The van der Waals surface area contributed by atoms with Gasteiger partial charge in [-0.15, -0.1) is 11.3 Å². The van der Waals surface area contributed by atoms with Gasteiger partial charge in [0.1, 0.15) is 11.0 Å². The van der Waals surface area contributed by atoms with Crippen LogP contribution in [0.4, 0.5) is 0 Å². The number of fused-ring (bicyclic) bond motifs is 19. The Kier molecular flexibility index (Phi) is 11.9. The van der Waals surface area contributed by atoms with Crippen molar-refractivity contribution < 1.29 is 0 Å². The van der Waals surface area contributed by atoms with Crippen molar-refractivity contribution in [2.45, 2.75) is 143 Å². The predicted octanol–water partition coefficient (Wildman–Crippen LogP) is 24.5. The van der Waals surface area contributed by atoms with Gasteiger partial charge in [-0.2, -0.15) is 0 Å². The van der Waals surface area contributed by atoms with Gasteiger partial charge in [-0.1, -0.05) is 232 Å². The van der Waals surface area contributed by atoms with Crippen LogP contribution in [0, 0.1) is 0 Å². The molecule has 0 N–H and O–H groups in total. The topological polar surface area (TPSA) is 35.6 Å². The smallest absolute Gasteiger partial charge is 0.109 e. The highest BCUT2D eigenvalue weighted by atomic mass is 32.1. The van der Waals surface area contributed by atoms with Crippen LogP contribution in [-0.2, 0) is 32.5 Å². The zero-order chi connectivity index (χ0) is 64.5. The molecule has 11 aromatic carbocycles. The molecule has 2 aliphatic rings. The number of benzene rings is 11. The van der Waals surface area contributed by atoms with E-state index in [4.69, 9.17) is 9.97 Å². The van der Waals surface area contributed by atoms with Crippen LogP contribution >= 0.6 is 11.3 Å². The van der Waals surface area contributed by atoms with E-state index in [2.05, 4.69) is 314 Å². The Balaban J connectivity index is 1.01. The van der Waals surface area contributed by atoms with Gasteiger partial charge < -0.3 is 9.13 Å². The van der Waals surface area contributed by atoms with E-state index in [0.29, 0.717) is 0 Å². The largest absolute Gasteiger partial charge is 0.309 e. The molecule has 4 heterocycles. The van der Waals surface area contributed by atoms with Gasteiger partial charge in [0.05, 0.1) is 42.9 Å². The van der Waals surface area contributed by atoms with Crippen molar-refractivity contribution in [1.29, 1.82) is 0 Å². The Morgan fingerprint density at radius 1 is 0.290 bits per heavy atom. The monoisotopic (exact) mass is 1220 g/mol. The first-order valence-corrected chi connectivity index (χ1v) is 34.3. The average molecular weight is 1230 g/mol. The van der Waals surface area contributed by atoms with E-state index in [1.165, 1.54) is 122 Å². The fourth-order valence-electron chi connectivity index (χ4n) is 16.2. The molecular weight excluding hydrogens is 1150 g/mol. The Morgan fingerprint density at radius 3 is 0.935 bits per heavy atom. The van der Waals surface area contributed by atoms with Gasteiger partial charge in [0.25, 0.3) is 0 Å². The zero-order valence-electron chi connectivity index (χ0n) is 56.7. The second-order valence-electron chi connectivity index (χ2n) is 32.2. The van der Waals surface area contributed by atoms with Crippen molar-refractivity contribution >= 4 is 98.6 Å². The summed E-state index contributed by atoms with van der Waals surface area (Å²) in [6.45, 7) is 37.4. The van der Waals surface area contributed by atoms with Crippen molar-refractivity contribution in [3.63, 3.8) is 0 Å². The molecule has 0 bridgehead atoms. The molecule has 458 valence electrons. The van der Waals surface area contributed by atoms with Crippen molar-refractivity contribution in [2.24, 2.45) is 0 Å². The lowest BCUT2D eigenvalue weighted by Crippen LogP contribution is -2.14. The highest BCUT2D eigenvalue weighted by molar-refractivity contribution is 7.21. The van der Waals surface area contributed by atoms with Gasteiger partial charge >= 0.3 is 0 Å². The lowest BCUT2D eigenvalue weighted by atomic mass is 9.82. The molecule has 0 spiro atoms. The number of hydrogen-bond acceptors (Lipinski definition) is 3. The number of thiophene rings is 1. The fourth-order valence-corrected chi connectivity index (χ4v) is 17.5. The molecule has 0 aliphatic heterocycles. The Bertz CT molecular complexity index is 5290. The SMILES string of the molecule is CC(C)(C)c1ccc2c(c1)c1cc(C(C)(C)C)ccc1n2-c1ccc2c(c1)c1cc(-n3c4ccc(C(C)(C)C)cc4c4cc(C(C)(C)C)ccc43)ccc1c1nc3c(-c4cccc5c4-c4ccccc4C5(C)C)sc(-c4cccc5c4-c4ccccc4C5(C)C)c3nc21. The quantitative estimate of drug-likeness (QED) is 0.165. The molecule has 0 fully saturated rings. The number of hydrogen-bond donors (Lipinski definition) is 0. The van der Waals surface area contributed by atoms with E-state index < -0.39 is 0 Å². The van der Waals surface area contributed by atoms with Crippen LogP contribution in [-0.4, -0.2) is 19.1 Å². The van der Waals surface area contributed by atoms with Crippen LogP contribution in [0.3, 0.4) is 0 Å². The summed E-state index contributed by atoms with van der Waals surface area (Å²) in [5, 5.41) is 9.51. The van der Waals surface area contributed by atoms with Gasteiger partial charge in [0, 0.05) is 65.6 Å². The van der Waals surface area contributed by atoms with Crippen molar-refractivity contribution in [3.05, 3.63) is 239 Å². The standard InChI is InChI=1S/C88H80N4S/c1-83(2,3)49-31-39-71-63(43-49)64-44-50(84(4,5)6)32-40-72(64)91(71)53-35-37-55-61(47-53)62-48-54(92-73-41-33-51(85(7,8)9)45-65(73)66-46-52(86(10,11)12)34-42-74(66)92)36-38-56(62)78-77(55)89-79-80(90-78)82(60-26-22-30-70-76(60)58-24-18-20-28-68(58)88(70,15)16)93-81(79)59-25-21-29-69-75(59)57-23-17-19-27-67(57)87(69,13)14/h17-48H,1-16H3. The molecule has 4 aromatic heterocycles. The molecule has 0 unspecified atom stereocenters. The summed E-state index contributed by atoms with van der Waals surface area (Å²) in [5.74, 6) is 0. The number of nitrogens with zero attached hydrogens (tertiary/aromatic N) is 4. The van der Waals surface area contributed by atoms with Crippen LogP contribution in [0.15, 0.2) is 194 Å². The van der Waals surface area contributed by atoms with Crippen LogP contribution in [0.2, 0.25) is 0 Å². The summed E-state index contributed by atoms with van der Waals surface area (Å²) < 4.78 is 5.03. The number of aromatic nitrogens is 4. The van der Waals surface area contributed by atoms with E-state index in [-0.39, 0.29) is 32.5 Å². The minimum absolute atomic E-state index is 0.0222. The summed E-state index contributed by atoms with van der Waals surface area (Å²) in [4.78, 5) is 14.6. The molecule has 0 atom stereocenters. The average Bonchev–Trinajstić information content (AvgIpc) is 1.63. The fraction of sp³-hybridized carbons (Fsp3) is 0.250. The van der Waals surface area contributed by atoms with E-state index in [1.54, 1.807) is 0 Å². The summed E-state index contributed by atoms with van der Waals surface area (Å²) >= 11 is 1.87. The van der Waals surface area contributed by atoms with Crippen molar-refractivity contribution in [1.82, 2.24) is 19.1 Å². The second kappa shape index (κ2) is 19.2. The minimum atomic E-state index is -0.179. The zero-order valence-corrected chi connectivity index (χ0v) is 57.5. The molecule has 2 aliphatic carbocycles. The normalized spacial score (nSPS) is 14.6. The Hall–Kier alpha value is -9.16. The number of rotatable bonds is 4. The molecule has 17 rings (SSSR count). The van der Waals surface area contributed by atoms with Gasteiger partial charge in [0.2, 0.25) is 0 Å². The third-order valence-electron chi connectivity index (χ3n) is 21.6. The molecule has 0 radical (unpaired) electrons. The predicted molar refractivity (Wildman–Crippen MR) is 399 cm³/mol. The van der Waals surface area contributed by atoms with Gasteiger partial charge in [-0.3, -0.25) is 0 Å². The highest BCUT2D eigenvalue weighted by Gasteiger charge is 2.40. The van der Waals surface area contributed by atoms with Gasteiger partial charge in [0.15, 0.2) is 0 Å². The van der Waals surface area contributed by atoms with Crippen LogP contribution in [0.25, 0.3) is 142 Å². The highest BCUT2D eigenvalue weighted by Crippen LogP contribution is 2.58. The molecule has 0 saturated heterocycles. The van der Waals surface area contributed by atoms with Crippen LogP contribution in [0.5, 0.6) is 0 Å². The molecule has 15 aromatic rings. The minimum Gasteiger partial charge on any atom is -0.309 e. The maximum atomic E-state index is 6.17. The Morgan fingerprint density at radius 2 is 0.602 bits per heavy atom. The van der Waals surface area contributed by atoms with Crippen LogP contribution in [0.1, 0.15) is 155 Å². The van der Waals surface area contributed by atoms with E-state index >= 15 is 0 Å². The molecular formula is C88H80N4S. The van der Waals surface area contributed by atoms with Gasteiger partial charge in [-0.25, -0.2) is 9.97 Å². The van der Waals surface area contributed by atoms with E-state index in [1.807, 2.05) is 11.3 Å². The second-order valence-corrected chi connectivity index (χ2v) is 33.3. The first-order valence-electron chi connectivity index (χ1n) is 33.5. The Labute approximate surface area is 550 Å². The lowest BCUT2D eigenvalue weighted by Gasteiger charge is -2.21. The lowest BCUT2D eigenvalue weighted by molar-refractivity contribution is 0.590. The third kappa shape index (κ3) is 8.34. The molecule has 0 saturated carbocycles. The van der Waals surface area contributed by atoms with Gasteiger partial charge in [-0.05, 0) is 172 Å². The van der Waals surface area contributed by atoms with E-state index in [9.17, 15) is 0 Å². The molecule has 0 amide bonds. The molecule has 93 heavy (non-hydrogen) atoms. The molecule has 5 heteroatoms. The molecule has 4 nitrogen and oxygen atoms in total. The maximum absolute atomic E-state index is 6.17. The van der Waals surface area contributed by atoms with Crippen LogP contribution < -0.4 is 0 Å². The van der Waals surface area contributed by atoms with Crippen molar-refractivity contribution in [2.75, 3.05) is 0 Å². The summed E-state index contributed by atoms with van der Waals surface area (Å²) in [6, 6.07) is 75.1. The first kappa shape index (κ1) is 57.7. The van der Waals surface area contributed by atoms with E-state index in [0.717, 1.165) is 64.7 Å².